The lowest BCUT2D eigenvalue weighted by atomic mass is 10.1. The predicted octanol–water partition coefficient (Wildman–Crippen LogP) is 3.71. The van der Waals surface area contributed by atoms with Crippen LogP contribution < -0.4 is 0 Å². The first kappa shape index (κ1) is 25.0. The fraction of sp³-hybridized carbons (Fsp3) is 0.379. The third-order valence-electron chi connectivity index (χ3n) is 6.87. The first-order valence-corrected chi connectivity index (χ1v) is 13.1. The Morgan fingerprint density at radius 1 is 0.973 bits per heavy atom. The maximum absolute atomic E-state index is 13.3. The molecule has 1 saturated heterocycles. The van der Waals surface area contributed by atoms with Crippen LogP contribution in [-0.4, -0.2) is 93.9 Å². The normalized spacial score (nSPS) is 14.8. The molecule has 0 bridgehead atoms. The summed E-state index contributed by atoms with van der Waals surface area (Å²) in [4.78, 5) is 36.9. The topological polar surface area (TPSA) is 81.2 Å². The Morgan fingerprint density at radius 2 is 1.89 bits per heavy atom. The van der Waals surface area contributed by atoms with E-state index in [1.54, 1.807) is 12.4 Å². The maximum Gasteiger partial charge on any atom is 0.270 e. The molecular formula is C29H35N7O. The van der Waals surface area contributed by atoms with Crippen LogP contribution in [-0.2, 0) is 6.42 Å². The van der Waals surface area contributed by atoms with Crippen LogP contribution in [0.5, 0.6) is 0 Å². The summed E-state index contributed by atoms with van der Waals surface area (Å²) in [6, 6.07) is 15.9. The summed E-state index contributed by atoms with van der Waals surface area (Å²) in [5, 5.41) is 1.03. The van der Waals surface area contributed by atoms with Crippen molar-refractivity contribution in [2.45, 2.75) is 19.3 Å². The Morgan fingerprint density at radius 3 is 2.73 bits per heavy atom. The molecule has 37 heavy (non-hydrogen) atoms. The number of pyridine rings is 1. The third kappa shape index (κ3) is 6.39. The molecule has 0 spiro atoms. The molecule has 0 unspecified atom stereocenters. The molecule has 0 atom stereocenters. The van der Waals surface area contributed by atoms with Crippen molar-refractivity contribution in [3.05, 3.63) is 78.0 Å². The molecule has 1 amide bonds. The number of carbonyl (C=O) groups excluding carboxylic acids is 1. The van der Waals surface area contributed by atoms with E-state index < -0.39 is 0 Å². The van der Waals surface area contributed by atoms with E-state index in [2.05, 4.69) is 51.0 Å². The number of carbonyl (C=O) groups is 1. The number of hydrogen-bond donors (Lipinski definition) is 1. The van der Waals surface area contributed by atoms with E-state index >= 15 is 0 Å². The number of amides is 1. The second-order valence-corrected chi connectivity index (χ2v) is 10.00. The van der Waals surface area contributed by atoms with Crippen LogP contribution in [0.25, 0.3) is 22.3 Å². The van der Waals surface area contributed by atoms with E-state index in [0.29, 0.717) is 12.1 Å². The van der Waals surface area contributed by atoms with Crippen molar-refractivity contribution in [1.82, 2.24) is 34.6 Å². The minimum absolute atomic E-state index is 0.0827. The van der Waals surface area contributed by atoms with Crippen molar-refractivity contribution in [2.24, 2.45) is 0 Å². The Labute approximate surface area is 218 Å². The number of aromatic amines is 1. The number of nitrogens with one attached hydrogen (secondary N) is 1. The number of rotatable bonds is 8. The third-order valence-corrected chi connectivity index (χ3v) is 6.87. The molecule has 1 N–H and O–H groups in total. The van der Waals surface area contributed by atoms with E-state index in [4.69, 9.17) is 4.98 Å². The molecule has 1 aliphatic rings. The molecule has 5 rings (SSSR count). The van der Waals surface area contributed by atoms with Gasteiger partial charge in [-0.1, -0.05) is 12.1 Å². The van der Waals surface area contributed by atoms with E-state index in [1.165, 1.54) is 0 Å². The Hall–Kier alpha value is -3.62. The average Bonchev–Trinajstić information content (AvgIpc) is 3.19. The number of H-pyrrole nitrogens is 1. The molecule has 1 aliphatic heterocycles. The zero-order chi connectivity index (χ0) is 25.6. The number of aromatic nitrogens is 4. The van der Waals surface area contributed by atoms with Crippen molar-refractivity contribution >= 4 is 16.8 Å². The smallest absolute Gasteiger partial charge is 0.270 e. The van der Waals surface area contributed by atoms with Crippen LogP contribution in [0.15, 0.2) is 60.9 Å². The second kappa shape index (κ2) is 11.6. The fourth-order valence-electron chi connectivity index (χ4n) is 4.91. The summed E-state index contributed by atoms with van der Waals surface area (Å²) in [6.45, 7) is 5.73. The second-order valence-electron chi connectivity index (χ2n) is 10.00. The Kier molecular flexibility index (Phi) is 7.87. The van der Waals surface area contributed by atoms with Crippen LogP contribution in [0.4, 0.5) is 0 Å². The van der Waals surface area contributed by atoms with Gasteiger partial charge in [0.15, 0.2) is 0 Å². The van der Waals surface area contributed by atoms with Gasteiger partial charge in [-0.2, -0.15) is 0 Å². The Balaban J connectivity index is 1.24. The number of nitrogens with zero attached hydrogens (tertiary/aromatic N) is 6. The molecule has 1 fully saturated rings. The van der Waals surface area contributed by atoms with Crippen molar-refractivity contribution in [3.8, 4) is 11.4 Å². The highest BCUT2D eigenvalue weighted by Crippen LogP contribution is 2.21. The summed E-state index contributed by atoms with van der Waals surface area (Å²) in [5.74, 6) is 0.827. The van der Waals surface area contributed by atoms with Gasteiger partial charge < -0.3 is 19.7 Å². The highest BCUT2D eigenvalue weighted by molar-refractivity contribution is 5.98. The minimum atomic E-state index is 0.0827. The quantitative estimate of drug-likeness (QED) is 0.400. The summed E-state index contributed by atoms with van der Waals surface area (Å²) in [5.41, 5.74) is 4.37. The number of benzene rings is 1. The van der Waals surface area contributed by atoms with E-state index in [-0.39, 0.29) is 5.91 Å². The van der Waals surface area contributed by atoms with E-state index in [9.17, 15) is 4.79 Å². The van der Waals surface area contributed by atoms with Crippen LogP contribution in [0.3, 0.4) is 0 Å². The molecule has 8 heteroatoms. The summed E-state index contributed by atoms with van der Waals surface area (Å²) >= 11 is 0. The molecule has 8 nitrogen and oxygen atoms in total. The molecule has 4 aromatic rings. The van der Waals surface area contributed by atoms with Gasteiger partial charge in [0.25, 0.3) is 5.91 Å². The van der Waals surface area contributed by atoms with Crippen molar-refractivity contribution in [3.63, 3.8) is 0 Å². The molecule has 0 saturated carbocycles. The van der Waals surface area contributed by atoms with Crippen LogP contribution >= 0.6 is 0 Å². The number of fused-ring (bicyclic) bond motifs is 1. The molecule has 0 aliphatic carbocycles. The van der Waals surface area contributed by atoms with Crippen molar-refractivity contribution in [2.75, 3.05) is 53.4 Å². The minimum Gasteiger partial charge on any atom is -0.351 e. The highest BCUT2D eigenvalue weighted by atomic mass is 16.2. The average molecular weight is 498 g/mol. The highest BCUT2D eigenvalue weighted by Gasteiger charge is 2.21. The van der Waals surface area contributed by atoms with Gasteiger partial charge in [-0.3, -0.25) is 9.78 Å². The first-order valence-electron chi connectivity index (χ1n) is 13.1. The van der Waals surface area contributed by atoms with Crippen LogP contribution in [0.1, 0.15) is 34.7 Å². The van der Waals surface area contributed by atoms with Gasteiger partial charge >= 0.3 is 0 Å². The molecule has 0 radical (unpaired) electrons. The van der Waals surface area contributed by atoms with Gasteiger partial charge in [0, 0.05) is 49.4 Å². The van der Waals surface area contributed by atoms with Crippen LogP contribution in [0.2, 0.25) is 0 Å². The van der Waals surface area contributed by atoms with Gasteiger partial charge in [-0.05, 0) is 88.5 Å². The van der Waals surface area contributed by atoms with Crippen LogP contribution in [0, 0.1) is 0 Å². The molecule has 192 valence electrons. The van der Waals surface area contributed by atoms with Gasteiger partial charge in [-0.15, -0.1) is 0 Å². The lowest BCUT2D eigenvalue weighted by Gasteiger charge is -2.22. The van der Waals surface area contributed by atoms with Crippen molar-refractivity contribution in [1.29, 1.82) is 0 Å². The molecule has 3 aromatic heterocycles. The lowest BCUT2D eigenvalue weighted by Crippen LogP contribution is -2.36. The van der Waals surface area contributed by atoms with Crippen molar-refractivity contribution < 1.29 is 4.79 Å². The molecule has 4 heterocycles. The summed E-state index contributed by atoms with van der Waals surface area (Å²) in [7, 11) is 4.22. The largest absolute Gasteiger partial charge is 0.351 e. The first-order chi connectivity index (χ1) is 18.0. The summed E-state index contributed by atoms with van der Waals surface area (Å²) < 4.78 is 0. The van der Waals surface area contributed by atoms with Gasteiger partial charge in [0.1, 0.15) is 11.5 Å². The van der Waals surface area contributed by atoms with Gasteiger partial charge in [0.05, 0.1) is 11.4 Å². The molecular weight excluding hydrogens is 462 g/mol. The zero-order valence-corrected chi connectivity index (χ0v) is 21.7. The van der Waals surface area contributed by atoms with E-state index in [1.807, 2.05) is 41.3 Å². The predicted molar refractivity (Wildman–Crippen MR) is 146 cm³/mol. The van der Waals surface area contributed by atoms with Gasteiger partial charge in [-0.25, -0.2) is 9.97 Å². The van der Waals surface area contributed by atoms with Gasteiger partial charge in [0.2, 0.25) is 0 Å². The lowest BCUT2D eigenvalue weighted by molar-refractivity contribution is 0.0756. The fourth-order valence-corrected chi connectivity index (χ4v) is 4.91. The maximum atomic E-state index is 13.3. The SMILES string of the molecule is CN(C)CCCN1CCCN(C(=O)c2cc3cc(Cc4nccc(-c5ccccn5)n4)ccc3[nH]2)CC1. The monoisotopic (exact) mass is 497 g/mol. The molecule has 1 aromatic carbocycles. The zero-order valence-electron chi connectivity index (χ0n) is 21.7. The summed E-state index contributed by atoms with van der Waals surface area (Å²) in [6.07, 6.45) is 6.33. The standard InChI is InChI=1S/C29H35N7O/c1-34(2)13-5-14-35-15-6-16-36(18-17-35)29(37)27-21-23-19-22(8-9-24(23)32-27)20-28-31-12-10-26(33-28)25-7-3-4-11-30-25/h3-4,7-12,19,21,32H,5-6,13-18,20H2,1-2H3. The van der Waals surface area contributed by atoms with E-state index in [0.717, 1.165) is 85.8 Å². The Bertz CT molecular complexity index is 1330. The number of hydrogen-bond acceptors (Lipinski definition) is 6.